The first-order valence-electron chi connectivity index (χ1n) is 6.65. The number of hydrogen-bond donors (Lipinski definition) is 1. The fourth-order valence-corrected chi connectivity index (χ4v) is 3.33. The molecule has 0 fully saturated rings. The Morgan fingerprint density at radius 1 is 1.33 bits per heavy atom. The molecule has 0 saturated carbocycles. The Labute approximate surface area is 125 Å². The highest BCUT2D eigenvalue weighted by molar-refractivity contribution is 7.89. The second-order valence-electron chi connectivity index (χ2n) is 4.91. The van der Waals surface area contributed by atoms with Crippen molar-refractivity contribution in [1.82, 2.24) is 13.9 Å². The molecule has 2 N–H and O–H groups in total. The predicted molar refractivity (Wildman–Crippen MR) is 81.1 cm³/mol. The van der Waals surface area contributed by atoms with E-state index in [1.54, 1.807) is 43.3 Å². The zero-order chi connectivity index (χ0) is 15.5. The molecule has 0 aliphatic carbocycles. The first kappa shape index (κ1) is 15.7. The minimum Gasteiger partial charge on any atom is -0.352 e. The molecule has 0 aromatic carbocycles. The lowest BCUT2D eigenvalue weighted by Gasteiger charge is -2.16. The van der Waals surface area contributed by atoms with Crippen molar-refractivity contribution in [2.45, 2.75) is 17.9 Å². The highest BCUT2D eigenvalue weighted by Crippen LogP contribution is 2.17. The Bertz CT molecular complexity index is 695. The monoisotopic (exact) mass is 308 g/mol. The molecule has 7 heteroatoms. The SMILES string of the molecule is CN(CCc1ccncc1)S(=O)(=O)c1cc(CN)n(C)c1. The first-order valence-corrected chi connectivity index (χ1v) is 8.09. The Balaban J connectivity index is 2.11. The van der Waals surface area contributed by atoms with Gasteiger partial charge in [0.15, 0.2) is 0 Å². The van der Waals surface area contributed by atoms with Crippen LogP contribution in [0.25, 0.3) is 0 Å². The van der Waals surface area contributed by atoms with Crippen molar-refractivity contribution in [3.63, 3.8) is 0 Å². The van der Waals surface area contributed by atoms with Crippen LogP contribution in [0.2, 0.25) is 0 Å². The van der Waals surface area contributed by atoms with Gasteiger partial charge >= 0.3 is 0 Å². The number of nitrogens with two attached hydrogens (primary N) is 1. The third kappa shape index (κ3) is 3.49. The van der Waals surface area contributed by atoms with E-state index in [9.17, 15) is 8.42 Å². The van der Waals surface area contributed by atoms with Crippen LogP contribution in [0.4, 0.5) is 0 Å². The van der Waals surface area contributed by atoms with Crippen LogP contribution in [0, 0.1) is 0 Å². The molecule has 2 aromatic rings. The largest absolute Gasteiger partial charge is 0.352 e. The summed E-state index contributed by atoms with van der Waals surface area (Å²) >= 11 is 0. The smallest absolute Gasteiger partial charge is 0.244 e. The highest BCUT2D eigenvalue weighted by atomic mass is 32.2. The Hall–Kier alpha value is -1.70. The molecule has 0 aliphatic heterocycles. The number of hydrogen-bond acceptors (Lipinski definition) is 4. The molecular weight excluding hydrogens is 288 g/mol. The molecule has 6 nitrogen and oxygen atoms in total. The predicted octanol–water partition coefficient (Wildman–Crippen LogP) is 0.742. The summed E-state index contributed by atoms with van der Waals surface area (Å²) < 4.78 is 28.1. The molecule has 0 aliphatic rings. The van der Waals surface area contributed by atoms with Gasteiger partial charge in [0.2, 0.25) is 10.0 Å². The number of sulfonamides is 1. The molecule has 2 rings (SSSR count). The number of likely N-dealkylation sites (N-methyl/N-ethyl adjacent to an activating group) is 1. The van der Waals surface area contributed by atoms with Crippen LogP contribution in [0.15, 0.2) is 41.7 Å². The molecule has 0 unspecified atom stereocenters. The number of pyridine rings is 1. The van der Waals surface area contributed by atoms with Gasteiger partial charge in [0.25, 0.3) is 0 Å². The summed E-state index contributed by atoms with van der Waals surface area (Å²) in [5.41, 5.74) is 7.43. The van der Waals surface area contributed by atoms with Gasteiger partial charge in [0.05, 0.1) is 0 Å². The lowest BCUT2D eigenvalue weighted by molar-refractivity contribution is 0.472. The third-order valence-electron chi connectivity index (χ3n) is 3.46. The van der Waals surface area contributed by atoms with Crippen molar-refractivity contribution in [1.29, 1.82) is 0 Å². The Morgan fingerprint density at radius 2 is 2.00 bits per heavy atom. The number of rotatable bonds is 6. The van der Waals surface area contributed by atoms with E-state index in [4.69, 9.17) is 5.73 Å². The summed E-state index contributed by atoms with van der Waals surface area (Å²) in [5.74, 6) is 0. The molecule has 0 spiro atoms. The third-order valence-corrected chi connectivity index (χ3v) is 5.29. The van der Waals surface area contributed by atoms with Crippen LogP contribution < -0.4 is 5.73 Å². The van der Waals surface area contributed by atoms with Crippen LogP contribution in [0.5, 0.6) is 0 Å². The molecule has 0 saturated heterocycles. The van der Waals surface area contributed by atoms with Crippen molar-refractivity contribution in [3.8, 4) is 0 Å². The highest BCUT2D eigenvalue weighted by Gasteiger charge is 2.22. The van der Waals surface area contributed by atoms with Gasteiger partial charge in [-0.05, 0) is 30.2 Å². The van der Waals surface area contributed by atoms with Crippen LogP contribution >= 0.6 is 0 Å². The standard InChI is InChI=1S/C14H20N4O2S/c1-17-11-14(9-13(17)10-15)21(19,20)18(2)8-5-12-3-6-16-7-4-12/h3-4,6-7,9,11H,5,8,10,15H2,1-2H3. The zero-order valence-corrected chi connectivity index (χ0v) is 13.0. The number of aromatic nitrogens is 2. The molecule has 2 heterocycles. The van der Waals surface area contributed by atoms with Crippen LogP contribution in [-0.2, 0) is 30.0 Å². The summed E-state index contributed by atoms with van der Waals surface area (Å²) in [6.45, 7) is 0.728. The van der Waals surface area contributed by atoms with E-state index < -0.39 is 10.0 Å². The first-order chi connectivity index (χ1) is 9.95. The van der Waals surface area contributed by atoms with Crippen molar-refractivity contribution in [2.75, 3.05) is 13.6 Å². The fraction of sp³-hybridized carbons (Fsp3) is 0.357. The summed E-state index contributed by atoms with van der Waals surface area (Å²) in [4.78, 5) is 4.22. The average Bonchev–Trinajstić information content (AvgIpc) is 2.87. The maximum absolute atomic E-state index is 12.5. The second kappa shape index (κ2) is 6.38. The van der Waals surface area contributed by atoms with E-state index in [-0.39, 0.29) is 4.90 Å². The Kier molecular flexibility index (Phi) is 4.76. The van der Waals surface area contributed by atoms with Gasteiger partial charge in [-0.25, -0.2) is 12.7 Å². The minimum absolute atomic E-state index is 0.280. The molecule has 2 aromatic heterocycles. The maximum Gasteiger partial charge on any atom is 0.244 e. The fourth-order valence-electron chi connectivity index (χ4n) is 2.06. The zero-order valence-electron chi connectivity index (χ0n) is 12.2. The molecule has 0 atom stereocenters. The maximum atomic E-state index is 12.5. The van der Waals surface area contributed by atoms with Gasteiger partial charge in [0.1, 0.15) is 4.90 Å². The lowest BCUT2D eigenvalue weighted by atomic mass is 10.2. The van der Waals surface area contributed by atoms with E-state index in [0.717, 1.165) is 11.3 Å². The van der Waals surface area contributed by atoms with Crippen LogP contribution in [0.3, 0.4) is 0 Å². The van der Waals surface area contributed by atoms with Gasteiger partial charge in [-0.15, -0.1) is 0 Å². The van der Waals surface area contributed by atoms with E-state index in [1.807, 2.05) is 12.1 Å². The van der Waals surface area contributed by atoms with Gasteiger partial charge < -0.3 is 10.3 Å². The second-order valence-corrected chi connectivity index (χ2v) is 6.96. The summed E-state index contributed by atoms with van der Waals surface area (Å²) in [5, 5.41) is 0. The van der Waals surface area contributed by atoms with Gasteiger partial charge in [-0.3, -0.25) is 4.98 Å². The van der Waals surface area contributed by atoms with Crippen LogP contribution in [0.1, 0.15) is 11.3 Å². The van der Waals surface area contributed by atoms with Crippen molar-refractivity contribution in [3.05, 3.63) is 48.0 Å². The number of aryl methyl sites for hydroxylation is 1. The summed E-state index contributed by atoms with van der Waals surface area (Å²) in [7, 11) is -0.101. The van der Waals surface area contributed by atoms with Gasteiger partial charge in [0, 0.05) is 51.5 Å². The number of nitrogens with zero attached hydrogens (tertiary/aromatic N) is 3. The molecule has 0 radical (unpaired) electrons. The van der Waals surface area contributed by atoms with Crippen molar-refractivity contribution >= 4 is 10.0 Å². The molecule has 0 amide bonds. The normalized spacial score (nSPS) is 12.0. The molecule has 114 valence electrons. The minimum atomic E-state index is -3.48. The quantitative estimate of drug-likeness (QED) is 0.853. The van der Waals surface area contributed by atoms with E-state index in [2.05, 4.69) is 4.98 Å². The summed E-state index contributed by atoms with van der Waals surface area (Å²) in [6.07, 6.45) is 5.65. The van der Waals surface area contributed by atoms with E-state index in [1.165, 1.54) is 4.31 Å². The average molecular weight is 308 g/mol. The van der Waals surface area contributed by atoms with Gasteiger partial charge in [-0.1, -0.05) is 0 Å². The van der Waals surface area contributed by atoms with Gasteiger partial charge in [-0.2, -0.15) is 0 Å². The molecule has 21 heavy (non-hydrogen) atoms. The summed E-state index contributed by atoms with van der Waals surface area (Å²) in [6, 6.07) is 5.39. The van der Waals surface area contributed by atoms with Crippen molar-refractivity contribution < 1.29 is 8.42 Å². The molecular formula is C14H20N4O2S. The Morgan fingerprint density at radius 3 is 2.57 bits per heavy atom. The van der Waals surface area contributed by atoms with Crippen LogP contribution in [-0.4, -0.2) is 35.9 Å². The van der Waals surface area contributed by atoms with E-state index in [0.29, 0.717) is 19.5 Å². The molecule has 0 bridgehead atoms. The lowest BCUT2D eigenvalue weighted by Crippen LogP contribution is -2.28. The topological polar surface area (TPSA) is 81.2 Å². The van der Waals surface area contributed by atoms with Crippen molar-refractivity contribution in [2.24, 2.45) is 12.8 Å². The van der Waals surface area contributed by atoms with E-state index >= 15 is 0 Å².